The predicted octanol–water partition coefficient (Wildman–Crippen LogP) is 9.48. The maximum absolute atomic E-state index is 12.0. The number of esters is 2. The van der Waals surface area contributed by atoms with Gasteiger partial charge in [0.05, 0.1) is 24.4 Å². The van der Waals surface area contributed by atoms with Gasteiger partial charge in [-0.15, -0.1) is 0 Å². The molecule has 2 rings (SSSR count). The molecule has 0 aromatic carbocycles. The summed E-state index contributed by atoms with van der Waals surface area (Å²) in [5, 5.41) is 10.0. The quantitative estimate of drug-likeness (QED) is 0.0336. The maximum Gasteiger partial charge on any atom is 0.305 e. The number of aliphatic hydroxyl groups excluding tert-OH is 1. The largest absolute Gasteiger partial charge is 0.463 e. The molecule has 0 amide bonds. The van der Waals surface area contributed by atoms with E-state index < -0.39 is 6.10 Å². The van der Waals surface area contributed by atoms with Crippen molar-refractivity contribution in [2.75, 3.05) is 13.2 Å². The van der Waals surface area contributed by atoms with Gasteiger partial charge >= 0.3 is 11.9 Å². The number of rotatable bonds is 32. The van der Waals surface area contributed by atoms with E-state index in [1.807, 2.05) is 0 Å². The maximum atomic E-state index is 12.0. The average Bonchev–Trinajstić information content (AvgIpc) is 3.98. The normalized spacial score (nSPS) is 21.2. The molecule has 7 heteroatoms. The smallest absolute Gasteiger partial charge is 0.305 e. The number of unbranched alkanes of at least 4 members (excludes halogenated alkanes) is 14. The average molecular weight is 649 g/mol. The third kappa shape index (κ3) is 22.8. The first-order valence-corrected chi connectivity index (χ1v) is 19.1. The molecule has 2 fully saturated rings. The number of ether oxygens (including phenoxy) is 4. The van der Waals surface area contributed by atoms with Gasteiger partial charge in [0.15, 0.2) is 0 Å². The summed E-state index contributed by atoms with van der Waals surface area (Å²) in [7, 11) is 0. The van der Waals surface area contributed by atoms with Gasteiger partial charge in [-0.1, -0.05) is 115 Å². The zero-order chi connectivity index (χ0) is 33.1. The summed E-state index contributed by atoms with van der Waals surface area (Å²) in [4.78, 5) is 23.9. The standard InChI is InChI=1S/C39H68O7/c1-3-5-19-25-34-36(45-34)27-21-15-11-7-9-13-17-23-29-38(41)43-31-33(40)32-44-39(42)30-24-18-14-10-8-12-16-22-28-37-35(46-37)26-20-6-4-2/h15-16,21-22,33-37,40H,3-14,17-20,23-32H2,1-2H3/b21-15+,22-16+/t33?,34-,35+,36+,37-. The molecule has 1 N–H and O–H groups in total. The Bertz CT molecular complexity index is 759. The molecular weight excluding hydrogens is 580 g/mol. The molecule has 46 heavy (non-hydrogen) atoms. The van der Waals surface area contributed by atoms with Gasteiger partial charge in [0, 0.05) is 12.8 Å². The second-order valence-corrected chi connectivity index (χ2v) is 13.5. The number of hydrogen-bond acceptors (Lipinski definition) is 7. The molecule has 0 aromatic rings. The summed E-state index contributed by atoms with van der Waals surface area (Å²) in [5.74, 6) is -0.607. The monoisotopic (exact) mass is 648 g/mol. The van der Waals surface area contributed by atoms with E-state index in [0.29, 0.717) is 37.3 Å². The lowest BCUT2D eigenvalue weighted by atomic mass is 10.1. The van der Waals surface area contributed by atoms with Gasteiger partial charge in [0.2, 0.25) is 0 Å². The molecule has 0 aromatic heterocycles. The van der Waals surface area contributed by atoms with Crippen LogP contribution in [0.1, 0.15) is 168 Å². The SMILES string of the molecule is CCCCC[C@@H]1O[C@@H]1C/C=C/CCCCCCCC(=O)OCC(O)COC(=O)CCCCCCC/C=C/C[C@@H]1O[C@@H]1CCCCC. The Morgan fingerprint density at radius 3 is 1.41 bits per heavy atom. The minimum Gasteiger partial charge on any atom is -0.463 e. The van der Waals surface area contributed by atoms with E-state index in [2.05, 4.69) is 38.2 Å². The molecule has 0 radical (unpaired) electrons. The van der Waals surface area contributed by atoms with E-state index in [1.54, 1.807) is 0 Å². The summed E-state index contributed by atoms with van der Waals surface area (Å²) < 4.78 is 21.8. The van der Waals surface area contributed by atoms with Crippen molar-refractivity contribution in [2.24, 2.45) is 0 Å². The summed E-state index contributed by atoms with van der Waals surface area (Å²) in [6.07, 6.45) is 35.7. The number of allylic oxidation sites excluding steroid dienone is 2. The van der Waals surface area contributed by atoms with Gasteiger partial charge in [0.1, 0.15) is 19.3 Å². The molecule has 5 atom stereocenters. The van der Waals surface area contributed by atoms with Crippen molar-refractivity contribution >= 4 is 11.9 Å². The van der Waals surface area contributed by atoms with E-state index in [9.17, 15) is 14.7 Å². The second kappa shape index (κ2) is 27.3. The molecule has 0 saturated carbocycles. The zero-order valence-corrected chi connectivity index (χ0v) is 29.5. The highest BCUT2D eigenvalue weighted by Gasteiger charge is 2.37. The van der Waals surface area contributed by atoms with Crippen LogP contribution in [0.5, 0.6) is 0 Å². The van der Waals surface area contributed by atoms with Crippen LogP contribution in [0, 0.1) is 0 Å². The summed E-state index contributed by atoms with van der Waals surface area (Å²) >= 11 is 0. The summed E-state index contributed by atoms with van der Waals surface area (Å²) in [6, 6.07) is 0. The van der Waals surface area contributed by atoms with Crippen LogP contribution in [0.3, 0.4) is 0 Å². The molecule has 7 nitrogen and oxygen atoms in total. The fourth-order valence-electron chi connectivity index (χ4n) is 5.86. The minimum atomic E-state index is -0.981. The summed E-state index contributed by atoms with van der Waals surface area (Å²) in [5.41, 5.74) is 0. The lowest BCUT2D eigenvalue weighted by Crippen LogP contribution is -2.25. The van der Waals surface area contributed by atoms with Crippen LogP contribution >= 0.6 is 0 Å². The van der Waals surface area contributed by atoms with Crippen LogP contribution in [0.4, 0.5) is 0 Å². The number of hydrogen-bond donors (Lipinski definition) is 1. The molecule has 1 unspecified atom stereocenters. The molecule has 2 saturated heterocycles. The number of epoxide rings is 2. The van der Waals surface area contributed by atoms with Gasteiger partial charge < -0.3 is 24.1 Å². The van der Waals surface area contributed by atoms with Crippen LogP contribution in [0.2, 0.25) is 0 Å². The van der Waals surface area contributed by atoms with Crippen molar-refractivity contribution in [3.8, 4) is 0 Å². The fraction of sp³-hybridized carbons (Fsp3) is 0.846. The van der Waals surface area contributed by atoms with Crippen LogP contribution in [0.15, 0.2) is 24.3 Å². The molecule has 0 bridgehead atoms. The Balaban J connectivity index is 1.28. The second-order valence-electron chi connectivity index (χ2n) is 13.5. The van der Waals surface area contributed by atoms with E-state index in [-0.39, 0.29) is 25.2 Å². The van der Waals surface area contributed by atoms with Gasteiger partial charge in [-0.2, -0.15) is 0 Å². The van der Waals surface area contributed by atoms with E-state index in [4.69, 9.17) is 18.9 Å². The first-order chi connectivity index (χ1) is 22.5. The Hall–Kier alpha value is -1.70. The van der Waals surface area contributed by atoms with Crippen LogP contribution in [-0.4, -0.2) is 60.8 Å². The van der Waals surface area contributed by atoms with Gasteiger partial charge in [-0.25, -0.2) is 0 Å². The highest BCUT2D eigenvalue weighted by molar-refractivity contribution is 5.69. The number of aliphatic hydroxyl groups is 1. The first kappa shape index (κ1) is 40.5. The third-order valence-electron chi connectivity index (χ3n) is 9.01. The van der Waals surface area contributed by atoms with Crippen LogP contribution < -0.4 is 0 Å². The van der Waals surface area contributed by atoms with Gasteiger partial charge in [-0.3, -0.25) is 9.59 Å². The Kier molecular flexibility index (Phi) is 24.0. The van der Waals surface area contributed by atoms with Crippen LogP contribution in [-0.2, 0) is 28.5 Å². The molecule has 266 valence electrons. The van der Waals surface area contributed by atoms with Crippen molar-refractivity contribution in [2.45, 2.75) is 198 Å². The lowest BCUT2D eigenvalue weighted by Gasteiger charge is -2.12. The third-order valence-corrected chi connectivity index (χ3v) is 9.01. The predicted molar refractivity (Wildman–Crippen MR) is 186 cm³/mol. The van der Waals surface area contributed by atoms with Crippen molar-refractivity contribution in [3.05, 3.63) is 24.3 Å². The fourth-order valence-corrected chi connectivity index (χ4v) is 5.86. The molecule has 0 spiro atoms. The van der Waals surface area contributed by atoms with Crippen molar-refractivity contribution in [3.63, 3.8) is 0 Å². The van der Waals surface area contributed by atoms with Gasteiger partial charge in [0.25, 0.3) is 0 Å². The number of carbonyl (C=O) groups is 2. The highest BCUT2D eigenvalue weighted by atomic mass is 16.6. The van der Waals surface area contributed by atoms with Gasteiger partial charge in [-0.05, 0) is 64.2 Å². The Labute approximate surface area is 281 Å². The molecule has 0 aliphatic carbocycles. The van der Waals surface area contributed by atoms with E-state index >= 15 is 0 Å². The molecule has 2 aliphatic heterocycles. The molecule has 2 aliphatic rings. The highest BCUT2D eigenvalue weighted by Crippen LogP contribution is 2.31. The number of carbonyl (C=O) groups excluding carboxylic acids is 2. The minimum absolute atomic E-state index is 0.133. The topological polar surface area (TPSA) is 97.9 Å². The molecular formula is C39H68O7. The zero-order valence-electron chi connectivity index (χ0n) is 29.5. The Morgan fingerprint density at radius 2 is 0.978 bits per heavy atom. The lowest BCUT2D eigenvalue weighted by molar-refractivity contribution is -0.152. The van der Waals surface area contributed by atoms with Crippen molar-refractivity contribution in [1.82, 2.24) is 0 Å². The van der Waals surface area contributed by atoms with E-state index in [0.717, 1.165) is 77.0 Å². The van der Waals surface area contributed by atoms with Crippen molar-refractivity contribution < 1.29 is 33.6 Å². The summed E-state index contributed by atoms with van der Waals surface area (Å²) in [6.45, 7) is 4.20. The van der Waals surface area contributed by atoms with E-state index in [1.165, 1.54) is 64.2 Å². The van der Waals surface area contributed by atoms with Crippen molar-refractivity contribution in [1.29, 1.82) is 0 Å². The first-order valence-electron chi connectivity index (χ1n) is 19.1. The van der Waals surface area contributed by atoms with Crippen LogP contribution in [0.25, 0.3) is 0 Å². The Morgan fingerprint density at radius 1 is 0.565 bits per heavy atom. The molecule has 2 heterocycles.